The lowest BCUT2D eigenvalue weighted by atomic mass is 10.0. The molecule has 5 nitrogen and oxygen atoms in total. The number of rotatable bonds is 5. The van der Waals surface area contributed by atoms with Gasteiger partial charge in [-0.1, -0.05) is 6.92 Å². The van der Waals surface area contributed by atoms with Crippen molar-refractivity contribution in [2.45, 2.75) is 25.4 Å². The molecule has 0 saturated carbocycles. The zero-order valence-electron chi connectivity index (χ0n) is 10.7. The van der Waals surface area contributed by atoms with Crippen molar-refractivity contribution >= 4 is 21.7 Å². The highest BCUT2D eigenvalue weighted by molar-refractivity contribution is 9.10. The number of aryl methyl sites for hydroxylation is 1. The first-order valence-electron chi connectivity index (χ1n) is 6.08. The maximum absolute atomic E-state index is 5.56. The summed E-state index contributed by atoms with van der Waals surface area (Å²) in [4.78, 5) is 8.71. The molecule has 1 aromatic heterocycles. The van der Waals surface area contributed by atoms with Gasteiger partial charge in [-0.25, -0.2) is 9.97 Å². The van der Waals surface area contributed by atoms with Gasteiger partial charge in [-0.3, -0.25) is 0 Å². The van der Waals surface area contributed by atoms with Gasteiger partial charge in [0, 0.05) is 39.2 Å². The number of methoxy groups -OCH3 is 1. The highest BCUT2D eigenvalue weighted by atomic mass is 79.9. The molecule has 2 heterocycles. The van der Waals surface area contributed by atoms with Gasteiger partial charge < -0.3 is 14.8 Å². The van der Waals surface area contributed by atoms with Gasteiger partial charge in [-0.2, -0.15) is 0 Å². The standard InChI is InChI=1S/C12H18BrN3O2/c1-3-10-15-9(13)6-11(16-10)14-7-12(17-2)4-5-18-8-12/h6H,3-5,7-8H2,1-2H3,(H,14,15,16). The zero-order chi connectivity index (χ0) is 13.0. The summed E-state index contributed by atoms with van der Waals surface area (Å²) in [6, 6.07) is 1.87. The van der Waals surface area contributed by atoms with Gasteiger partial charge in [0.15, 0.2) is 0 Å². The number of nitrogens with zero attached hydrogens (tertiary/aromatic N) is 2. The van der Waals surface area contributed by atoms with E-state index in [-0.39, 0.29) is 5.60 Å². The molecule has 1 unspecified atom stereocenters. The quantitative estimate of drug-likeness (QED) is 0.842. The van der Waals surface area contributed by atoms with Crippen LogP contribution in [0.3, 0.4) is 0 Å². The van der Waals surface area contributed by atoms with Crippen molar-refractivity contribution in [3.8, 4) is 0 Å². The van der Waals surface area contributed by atoms with E-state index in [0.29, 0.717) is 13.2 Å². The van der Waals surface area contributed by atoms with Crippen LogP contribution in [0.2, 0.25) is 0 Å². The maximum Gasteiger partial charge on any atom is 0.131 e. The average molecular weight is 316 g/mol. The molecule has 1 N–H and O–H groups in total. The van der Waals surface area contributed by atoms with Crippen LogP contribution < -0.4 is 5.32 Å². The summed E-state index contributed by atoms with van der Waals surface area (Å²) in [6.45, 7) is 4.11. The molecule has 1 fully saturated rings. The fraction of sp³-hybridized carbons (Fsp3) is 0.667. The number of anilines is 1. The van der Waals surface area contributed by atoms with Gasteiger partial charge in [-0.05, 0) is 15.9 Å². The summed E-state index contributed by atoms with van der Waals surface area (Å²) in [6.07, 6.45) is 1.72. The number of hydrogen-bond donors (Lipinski definition) is 1. The lowest BCUT2D eigenvalue weighted by molar-refractivity contribution is -0.00625. The second kappa shape index (κ2) is 5.95. The molecule has 1 atom stereocenters. The van der Waals surface area contributed by atoms with E-state index >= 15 is 0 Å². The van der Waals surface area contributed by atoms with Crippen LogP contribution in [0.4, 0.5) is 5.82 Å². The first-order chi connectivity index (χ1) is 8.67. The summed E-state index contributed by atoms with van der Waals surface area (Å²) < 4.78 is 11.8. The summed E-state index contributed by atoms with van der Waals surface area (Å²) in [7, 11) is 1.73. The number of hydrogen-bond acceptors (Lipinski definition) is 5. The third-order valence-corrected chi connectivity index (χ3v) is 3.56. The maximum atomic E-state index is 5.56. The normalized spacial score (nSPS) is 23.3. The summed E-state index contributed by atoms with van der Waals surface area (Å²) >= 11 is 3.39. The number of aromatic nitrogens is 2. The first kappa shape index (κ1) is 13.7. The van der Waals surface area contributed by atoms with Gasteiger partial charge in [0.2, 0.25) is 0 Å². The van der Waals surface area contributed by atoms with Gasteiger partial charge in [0.1, 0.15) is 21.8 Å². The molecular formula is C12H18BrN3O2. The van der Waals surface area contributed by atoms with Crippen molar-refractivity contribution in [2.24, 2.45) is 0 Å². The second-order valence-electron chi connectivity index (χ2n) is 4.39. The smallest absolute Gasteiger partial charge is 0.131 e. The SMILES string of the molecule is CCc1nc(Br)cc(NCC2(OC)CCOC2)n1. The minimum atomic E-state index is -0.232. The van der Waals surface area contributed by atoms with Crippen molar-refractivity contribution in [3.63, 3.8) is 0 Å². The lowest BCUT2D eigenvalue weighted by Gasteiger charge is -2.26. The minimum Gasteiger partial charge on any atom is -0.378 e. The van der Waals surface area contributed by atoms with Crippen LogP contribution in [0.15, 0.2) is 10.7 Å². The first-order valence-corrected chi connectivity index (χ1v) is 6.87. The highest BCUT2D eigenvalue weighted by Gasteiger charge is 2.34. The van der Waals surface area contributed by atoms with Crippen LogP contribution in [-0.2, 0) is 15.9 Å². The number of ether oxygens (including phenoxy) is 2. The van der Waals surface area contributed by atoms with E-state index in [9.17, 15) is 0 Å². The second-order valence-corrected chi connectivity index (χ2v) is 5.20. The summed E-state index contributed by atoms with van der Waals surface area (Å²) in [5.74, 6) is 1.64. The molecule has 0 spiro atoms. The molecule has 1 aliphatic heterocycles. The zero-order valence-corrected chi connectivity index (χ0v) is 12.3. The van der Waals surface area contributed by atoms with Crippen LogP contribution in [-0.4, -0.2) is 42.4 Å². The largest absolute Gasteiger partial charge is 0.378 e. The van der Waals surface area contributed by atoms with Crippen molar-refractivity contribution < 1.29 is 9.47 Å². The molecule has 1 saturated heterocycles. The van der Waals surface area contributed by atoms with Crippen molar-refractivity contribution in [3.05, 3.63) is 16.5 Å². The topological polar surface area (TPSA) is 56.3 Å². The Morgan fingerprint density at radius 1 is 1.56 bits per heavy atom. The Morgan fingerprint density at radius 3 is 3.00 bits per heavy atom. The molecular weight excluding hydrogens is 298 g/mol. The van der Waals surface area contributed by atoms with Gasteiger partial charge >= 0.3 is 0 Å². The van der Waals surface area contributed by atoms with Crippen LogP contribution in [0, 0.1) is 0 Å². The third kappa shape index (κ3) is 3.18. The van der Waals surface area contributed by atoms with Gasteiger partial charge in [-0.15, -0.1) is 0 Å². The molecule has 18 heavy (non-hydrogen) atoms. The molecule has 0 aliphatic carbocycles. The Hall–Kier alpha value is -0.720. The molecule has 1 aliphatic rings. The molecule has 100 valence electrons. The molecule has 0 amide bonds. The molecule has 6 heteroatoms. The van der Waals surface area contributed by atoms with Crippen LogP contribution in [0.1, 0.15) is 19.2 Å². The Kier molecular flexibility index (Phi) is 4.53. The van der Waals surface area contributed by atoms with E-state index in [1.807, 2.05) is 13.0 Å². The Bertz CT molecular complexity index is 408. The Labute approximate surface area is 115 Å². The van der Waals surface area contributed by atoms with Crippen molar-refractivity contribution in [1.29, 1.82) is 0 Å². The molecule has 0 radical (unpaired) electrons. The Balaban J connectivity index is 2.03. The van der Waals surface area contributed by atoms with Crippen LogP contribution >= 0.6 is 15.9 Å². The van der Waals surface area contributed by atoms with Crippen LogP contribution in [0.5, 0.6) is 0 Å². The van der Waals surface area contributed by atoms with E-state index in [4.69, 9.17) is 9.47 Å². The molecule has 2 rings (SSSR count). The van der Waals surface area contributed by atoms with Crippen molar-refractivity contribution in [2.75, 3.05) is 32.2 Å². The molecule has 0 aromatic carbocycles. The van der Waals surface area contributed by atoms with E-state index in [2.05, 4.69) is 31.2 Å². The average Bonchev–Trinajstić information content (AvgIpc) is 2.85. The summed E-state index contributed by atoms with van der Waals surface area (Å²) in [5.41, 5.74) is -0.232. The van der Waals surface area contributed by atoms with E-state index in [0.717, 1.165) is 35.7 Å². The minimum absolute atomic E-state index is 0.232. The fourth-order valence-corrected chi connectivity index (χ4v) is 2.35. The molecule has 1 aromatic rings. The number of nitrogens with one attached hydrogen (secondary N) is 1. The van der Waals surface area contributed by atoms with E-state index < -0.39 is 0 Å². The summed E-state index contributed by atoms with van der Waals surface area (Å²) in [5, 5.41) is 3.31. The van der Waals surface area contributed by atoms with Crippen molar-refractivity contribution in [1.82, 2.24) is 9.97 Å². The van der Waals surface area contributed by atoms with E-state index in [1.54, 1.807) is 7.11 Å². The monoisotopic (exact) mass is 315 g/mol. The number of halogens is 1. The van der Waals surface area contributed by atoms with Gasteiger partial charge in [0.25, 0.3) is 0 Å². The predicted molar refractivity (Wildman–Crippen MR) is 72.8 cm³/mol. The predicted octanol–water partition coefficient (Wildman–Crippen LogP) is 2.02. The van der Waals surface area contributed by atoms with Crippen LogP contribution in [0.25, 0.3) is 0 Å². The van der Waals surface area contributed by atoms with Gasteiger partial charge in [0.05, 0.1) is 6.61 Å². The fourth-order valence-electron chi connectivity index (χ4n) is 1.93. The molecule has 0 bridgehead atoms. The lowest BCUT2D eigenvalue weighted by Crippen LogP contribution is -2.39. The Morgan fingerprint density at radius 2 is 2.39 bits per heavy atom. The van der Waals surface area contributed by atoms with E-state index in [1.165, 1.54) is 0 Å². The highest BCUT2D eigenvalue weighted by Crippen LogP contribution is 2.23. The third-order valence-electron chi connectivity index (χ3n) is 3.15.